The third kappa shape index (κ3) is 5.12. The molecule has 6 rings (SSSR count). The first-order chi connectivity index (χ1) is 16.3. The smallest absolute Gasteiger partial charge is 0.175 e. The molecule has 4 fully saturated rings. The Morgan fingerprint density at radius 3 is 2.32 bits per heavy atom. The van der Waals surface area contributed by atoms with Gasteiger partial charge in [0.1, 0.15) is 6.61 Å². The zero-order valence-corrected chi connectivity index (χ0v) is 23.1. The zero-order valence-electron chi connectivity index (χ0n) is 20.0. The number of hydrogen-bond acceptors (Lipinski definition) is 3. The van der Waals surface area contributed by atoms with E-state index in [1.54, 1.807) is 6.07 Å². The summed E-state index contributed by atoms with van der Waals surface area (Å²) in [5, 5.41) is 5.11. The van der Waals surface area contributed by atoms with Crippen molar-refractivity contribution in [1.29, 1.82) is 0 Å². The molecule has 0 aromatic heterocycles. The Morgan fingerprint density at radius 1 is 1.03 bits per heavy atom. The fourth-order valence-corrected chi connectivity index (χ4v) is 8.18. The lowest BCUT2D eigenvalue weighted by molar-refractivity contribution is -0.0706. The van der Waals surface area contributed by atoms with Crippen LogP contribution in [0, 0.1) is 23.2 Å². The maximum atomic E-state index is 6.33. The van der Waals surface area contributed by atoms with Gasteiger partial charge in [-0.25, -0.2) is 0 Å². The van der Waals surface area contributed by atoms with E-state index >= 15 is 0 Å². The minimum Gasteiger partial charge on any atom is -0.490 e. The molecular formula is C28H34BrCl2NO2. The normalized spacial score (nSPS) is 28.2. The fourth-order valence-electron chi connectivity index (χ4n) is 7.11. The van der Waals surface area contributed by atoms with Crippen molar-refractivity contribution < 1.29 is 9.47 Å². The van der Waals surface area contributed by atoms with Crippen LogP contribution in [0.4, 0.5) is 0 Å². The molecule has 4 saturated carbocycles. The fraction of sp³-hybridized carbons (Fsp3) is 0.571. The summed E-state index contributed by atoms with van der Waals surface area (Å²) in [6.45, 7) is 6.15. The van der Waals surface area contributed by atoms with Crippen molar-refractivity contribution in [2.75, 3.05) is 6.61 Å². The summed E-state index contributed by atoms with van der Waals surface area (Å²) in [6, 6.07) is 10.2. The number of nitrogens with one attached hydrogen (secondary N) is 1. The highest BCUT2D eigenvalue weighted by molar-refractivity contribution is 9.10. The molecule has 0 unspecified atom stereocenters. The number of halogens is 3. The first kappa shape index (κ1) is 24.7. The lowest BCUT2D eigenvalue weighted by Crippen LogP contribution is -2.54. The van der Waals surface area contributed by atoms with E-state index in [0.717, 1.165) is 40.1 Å². The summed E-state index contributed by atoms with van der Waals surface area (Å²) in [5.41, 5.74) is 2.58. The lowest BCUT2D eigenvalue weighted by atomic mass is 9.48. The van der Waals surface area contributed by atoms with Gasteiger partial charge in [-0.3, -0.25) is 0 Å². The maximum absolute atomic E-state index is 6.33. The van der Waals surface area contributed by atoms with Crippen LogP contribution < -0.4 is 14.8 Å². The number of ether oxygens (including phenoxy) is 2. The quantitative estimate of drug-likeness (QED) is 0.330. The minimum absolute atomic E-state index is 0.343. The van der Waals surface area contributed by atoms with Gasteiger partial charge >= 0.3 is 0 Å². The lowest BCUT2D eigenvalue weighted by Gasteiger charge is -2.59. The predicted octanol–water partition coefficient (Wildman–Crippen LogP) is 8.43. The minimum atomic E-state index is 0.343. The largest absolute Gasteiger partial charge is 0.490 e. The molecule has 0 spiro atoms. The second-order valence-electron chi connectivity index (χ2n) is 10.7. The van der Waals surface area contributed by atoms with Gasteiger partial charge in [-0.2, -0.15) is 0 Å². The van der Waals surface area contributed by atoms with E-state index < -0.39 is 0 Å². The van der Waals surface area contributed by atoms with Gasteiger partial charge in [-0.05, 0) is 121 Å². The highest BCUT2D eigenvalue weighted by Crippen LogP contribution is 2.61. The van der Waals surface area contributed by atoms with E-state index in [2.05, 4.69) is 40.3 Å². The Kier molecular flexibility index (Phi) is 7.42. The van der Waals surface area contributed by atoms with Crippen LogP contribution >= 0.6 is 39.1 Å². The third-order valence-corrected chi connectivity index (χ3v) is 9.55. The second kappa shape index (κ2) is 10.2. The number of rotatable bonds is 9. The third-order valence-electron chi connectivity index (χ3n) is 8.37. The Morgan fingerprint density at radius 2 is 1.71 bits per heavy atom. The van der Waals surface area contributed by atoms with Crippen molar-refractivity contribution in [2.45, 2.75) is 71.6 Å². The SMILES string of the molecule is CCOc1cc(CN[C@H](C)C23CC4CC(CC(C4)C2)C3)cc(Br)c1OCc1ccc(Cl)cc1Cl. The van der Waals surface area contributed by atoms with Gasteiger partial charge in [0.05, 0.1) is 11.1 Å². The van der Waals surface area contributed by atoms with Gasteiger partial charge in [0, 0.05) is 28.2 Å². The molecule has 4 aliphatic carbocycles. The Labute approximate surface area is 222 Å². The van der Waals surface area contributed by atoms with Gasteiger partial charge in [0.25, 0.3) is 0 Å². The first-order valence-electron chi connectivity index (χ1n) is 12.6. The van der Waals surface area contributed by atoms with Crippen molar-refractivity contribution in [3.8, 4) is 11.5 Å². The molecule has 1 atom stereocenters. The van der Waals surface area contributed by atoms with Crippen LogP contribution in [0.3, 0.4) is 0 Å². The van der Waals surface area contributed by atoms with E-state index in [0.29, 0.717) is 40.5 Å². The van der Waals surface area contributed by atoms with E-state index in [-0.39, 0.29) is 0 Å². The van der Waals surface area contributed by atoms with Crippen molar-refractivity contribution in [2.24, 2.45) is 23.2 Å². The Hall–Kier alpha value is -0.940. The van der Waals surface area contributed by atoms with Gasteiger partial charge in [-0.1, -0.05) is 29.3 Å². The van der Waals surface area contributed by atoms with Crippen molar-refractivity contribution >= 4 is 39.1 Å². The predicted molar refractivity (Wildman–Crippen MR) is 143 cm³/mol. The topological polar surface area (TPSA) is 30.5 Å². The first-order valence-corrected chi connectivity index (χ1v) is 14.2. The van der Waals surface area contributed by atoms with E-state index in [1.807, 2.05) is 19.1 Å². The van der Waals surface area contributed by atoms with Gasteiger partial charge in [-0.15, -0.1) is 0 Å². The van der Waals surface area contributed by atoms with Crippen LogP contribution in [-0.2, 0) is 13.2 Å². The summed E-state index contributed by atoms with van der Waals surface area (Å²) in [6.07, 6.45) is 8.71. The van der Waals surface area contributed by atoms with Crippen molar-refractivity contribution in [1.82, 2.24) is 5.32 Å². The molecule has 6 heteroatoms. The molecule has 3 nitrogen and oxygen atoms in total. The van der Waals surface area contributed by atoms with Crippen molar-refractivity contribution in [3.63, 3.8) is 0 Å². The number of benzene rings is 2. The molecule has 4 aliphatic rings. The average Bonchev–Trinajstić information content (AvgIpc) is 2.77. The second-order valence-corrected chi connectivity index (χ2v) is 12.4. The van der Waals surface area contributed by atoms with Crippen LogP contribution in [-0.4, -0.2) is 12.6 Å². The summed E-state index contributed by atoms with van der Waals surface area (Å²) < 4.78 is 13.0. The summed E-state index contributed by atoms with van der Waals surface area (Å²) in [5.74, 6) is 4.37. The molecule has 1 N–H and O–H groups in total. The molecular weight excluding hydrogens is 533 g/mol. The highest BCUT2D eigenvalue weighted by Gasteiger charge is 2.52. The molecule has 0 heterocycles. The average molecular weight is 567 g/mol. The molecule has 2 aromatic carbocycles. The summed E-state index contributed by atoms with van der Waals surface area (Å²) >= 11 is 16.1. The standard InChI is InChI=1S/C28H34BrCl2NO2/c1-3-33-26-10-21(9-24(29)27(26)34-16-22-4-5-23(30)11-25(22)31)15-32-17(2)28-12-18-6-19(13-28)8-20(7-18)14-28/h4-5,9-11,17-20,32H,3,6-8,12-16H2,1-2H3/t17-,18?,19?,20?,28?/m1/s1. The zero-order chi connectivity index (χ0) is 23.9. The van der Waals surface area contributed by atoms with Crippen LogP contribution in [0.25, 0.3) is 0 Å². The number of hydrogen-bond donors (Lipinski definition) is 1. The van der Waals surface area contributed by atoms with E-state index in [4.69, 9.17) is 32.7 Å². The molecule has 184 valence electrons. The molecule has 4 bridgehead atoms. The van der Waals surface area contributed by atoms with Crippen LogP contribution in [0.1, 0.15) is 63.5 Å². The van der Waals surface area contributed by atoms with Gasteiger partial charge in [0.15, 0.2) is 11.5 Å². The molecule has 0 radical (unpaired) electrons. The van der Waals surface area contributed by atoms with Gasteiger partial charge in [0.2, 0.25) is 0 Å². The Balaban J connectivity index is 1.27. The summed E-state index contributed by atoms with van der Waals surface area (Å²) in [4.78, 5) is 0. The van der Waals surface area contributed by atoms with Gasteiger partial charge < -0.3 is 14.8 Å². The van der Waals surface area contributed by atoms with Crippen LogP contribution in [0.15, 0.2) is 34.8 Å². The highest BCUT2D eigenvalue weighted by atomic mass is 79.9. The van der Waals surface area contributed by atoms with Crippen LogP contribution in [0.2, 0.25) is 10.0 Å². The van der Waals surface area contributed by atoms with Crippen LogP contribution in [0.5, 0.6) is 11.5 Å². The molecule has 2 aromatic rings. The maximum Gasteiger partial charge on any atom is 0.175 e. The van der Waals surface area contributed by atoms with E-state index in [9.17, 15) is 0 Å². The summed E-state index contributed by atoms with van der Waals surface area (Å²) in [7, 11) is 0. The monoisotopic (exact) mass is 565 g/mol. The Bertz CT molecular complexity index is 1010. The molecule has 0 saturated heterocycles. The van der Waals surface area contributed by atoms with E-state index in [1.165, 1.54) is 44.1 Å². The molecule has 0 aliphatic heterocycles. The molecule has 0 amide bonds. The molecule has 34 heavy (non-hydrogen) atoms. The van der Waals surface area contributed by atoms with Crippen molar-refractivity contribution in [3.05, 3.63) is 56.0 Å².